The Labute approximate surface area is 176 Å². The van der Waals surface area contributed by atoms with E-state index in [1.807, 2.05) is 34.0 Å². The molecular weight excluding hydrogens is 416 g/mol. The standard InChI is InChI=1S/C16H28N4O3S.C2H2O4/c1-16(2,3)15(21)19(13-14-11-17-18(4)12-14)9-10-24(22,23)20-7-5-6-8-20;3-1(4)2(5)6/h11-12H,5-10,13H2,1-4H3;(H,3,4)(H,5,6). The van der Waals surface area contributed by atoms with E-state index in [0.717, 1.165) is 18.4 Å². The quantitative estimate of drug-likeness (QED) is 0.595. The maximum atomic E-state index is 12.7. The van der Waals surface area contributed by atoms with Gasteiger partial charge >= 0.3 is 11.9 Å². The van der Waals surface area contributed by atoms with Crippen molar-refractivity contribution in [2.45, 2.75) is 40.2 Å². The number of carboxylic acids is 2. The molecule has 2 heterocycles. The van der Waals surface area contributed by atoms with Gasteiger partial charge in [-0.25, -0.2) is 22.3 Å². The van der Waals surface area contributed by atoms with Gasteiger partial charge in [-0.3, -0.25) is 9.48 Å². The van der Waals surface area contributed by atoms with Crippen molar-refractivity contribution in [1.29, 1.82) is 0 Å². The van der Waals surface area contributed by atoms with E-state index in [9.17, 15) is 13.2 Å². The summed E-state index contributed by atoms with van der Waals surface area (Å²) in [5.41, 5.74) is 0.341. The molecule has 0 unspecified atom stereocenters. The Kier molecular flexibility index (Phi) is 8.97. The maximum absolute atomic E-state index is 12.7. The first-order valence-electron chi connectivity index (χ1n) is 9.45. The molecule has 0 atom stereocenters. The van der Waals surface area contributed by atoms with E-state index >= 15 is 0 Å². The minimum atomic E-state index is -3.30. The lowest BCUT2D eigenvalue weighted by molar-refractivity contribution is -0.159. The minimum Gasteiger partial charge on any atom is -0.473 e. The number of rotatable bonds is 6. The van der Waals surface area contributed by atoms with Gasteiger partial charge in [-0.15, -0.1) is 0 Å². The summed E-state index contributed by atoms with van der Waals surface area (Å²) in [6.07, 6.45) is 5.38. The number of nitrogens with zero attached hydrogens (tertiary/aromatic N) is 4. The molecule has 1 fully saturated rings. The number of amides is 1. The summed E-state index contributed by atoms with van der Waals surface area (Å²) >= 11 is 0. The van der Waals surface area contributed by atoms with Gasteiger partial charge in [0.15, 0.2) is 0 Å². The Morgan fingerprint density at radius 3 is 2.07 bits per heavy atom. The second-order valence-electron chi connectivity index (χ2n) is 8.03. The van der Waals surface area contributed by atoms with Crippen LogP contribution in [0.1, 0.15) is 39.2 Å². The Bertz CT molecular complexity index is 840. The number of aryl methyl sites for hydroxylation is 1. The van der Waals surface area contributed by atoms with Crippen molar-refractivity contribution in [3.63, 3.8) is 0 Å². The van der Waals surface area contributed by atoms with Crippen LogP contribution in [0.25, 0.3) is 0 Å². The Morgan fingerprint density at radius 1 is 1.13 bits per heavy atom. The van der Waals surface area contributed by atoms with Crippen LogP contribution in [-0.2, 0) is 38.0 Å². The smallest absolute Gasteiger partial charge is 0.414 e. The Hall–Kier alpha value is -2.47. The molecule has 0 saturated carbocycles. The van der Waals surface area contributed by atoms with Gasteiger partial charge < -0.3 is 15.1 Å². The van der Waals surface area contributed by atoms with Gasteiger partial charge in [0.2, 0.25) is 15.9 Å². The molecule has 2 rings (SSSR count). The topological polar surface area (TPSA) is 150 Å². The maximum Gasteiger partial charge on any atom is 0.414 e. The molecule has 1 aliphatic heterocycles. The van der Waals surface area contributed by atoms with E-state index in [0.29, 0.717) is 19.6 Å². The highest BCUT2D eigenvalue weighted by Crippen LogP contribution is 2.20. The number of aliphatic carboxylic acids is 2. The zero-order valence-electron chi connectivity index (χ0n) is 17.7. The van der Waals surface area contributed by atoms with Crippen LogP contribution in [0, 0.1) is 5.41 Å². The van der Waals surface area contributed by atoms with Gasteiger partial charge in [-0.2, -0.15) is 5.10 Å². The van der Waals surface area contributed by atoms with Crippen LogP contribution in [0.2, 0.25) is 0 Å². The molecule has 1 saturated heterocycles. The lowest BCUT2D eigenvalue weighted by Gasteiger charge is -2.29. The summed E-state index contributed by atoms with van der Waals surface area (Å²) in [7, 11) is -1.49. The monoisotopic (exact) mass is 446 g/mol. The number of aromatic nitrogens is 2. The molecule has 1 aromatic heterocycles. The van der Waals surface area contributed by atoms with Crippen LogP contribution in [0.15, 0.2) is 12.4 Å². The van der Waals surface area contributed by atoms with Gasteiger partial charge in [0.05, 0.1) is 11.9 Å². The molecule has 0 aliphatic carbocycles. The first-order valence-corrected chi connectivity index (χ1v) is 11.1. The zero-order chi connectivity index (χ0) is 23.1. The molecule has 12 heteroatoms. The number of carbonyl (C=O) groups is 3. The summed E-state index contributed by atoms with van der Waals surface area (Å²) in [4.78, 5) is 32.5. The summed E-state index contributed by atoms with van der Waals surface area (Å²) in [6.45, 7) is 7.31. The summed E-state index contributed by atoms with van der Waals surface area (Å²) < 4.78 is 28.1. The van der Waals surface area contributed by atoms with E-state index in [2.05, 4.69) is 5.10 Å². The fourth-order valence-electron chi connectivity index (χ4n) is 2.82. The first kappa shape index (κ1) is 25.6. The third kappa shape index (κ3) is 8.11. The first-order chi connectivity index (χ1) is 13.7. The fraction of sp³-hybridized carbons (Fsp3) is 0.667. The molecule has 1 aliphatic rings. The SMILES string of the molecule is Cn1cc(CN(CCS(=O)(=O)N2CCCC2)C(=O)C(C)(C)C)cn1.O=C(O)C(=O)O. The predicted molar refractivity (Wildman–Crippen MR) is 108 cm³/mol. The van der Waals surface area contributed by atoms with E-state index in [1.54, 1.807) is 15.8 Å². The lowest BCUT2D eigenvalue weighted by atomic mass is 9.94. The molecule has 170 valence electrons. The second-order valence-corrected chi connectivity index (χ2v) is 10.1. The van der Waals surface area contributed by atoms with Gasteiger partial charge in [0.25, 0.3) is 0 Å². The lowest BCUT2D eigenvalue weighted by Crippen LogP contribution is -2.43. The normalized spacial score (nSPS) is 14.7. The average Bonchev–Trinajstić information content (AvgIpc) is 3.30. The fourth-order valence-corrected chi connectivity index (χ4v) is 4.35. The summed E-state index contributed by atoms with van der Waals surface area (Å²) in [5.74, 6) is -3.73. The molecule has 30 heavy (non-hydrogen) atoms. The van der Waals surface area contributed by atoms with Crippen LogP contribution in [-0.4, -0.2) is 80.8 Å². The molecule has 1 amide bonds. The van der Waals surface area contributed by atoms with Crippen molar-refractivity contribution < 1.29 is 33.0 Å². The molecule has 0 bridgehead atoms. The van der Waals surface area contributed by atoms with Crippen LogP contribution >= 0.6 is 0 Å². The number of carboxylic acid groups (broad SMARTS) is 2. The highest BCUT2D eigenvalue weighted by atomic mass is 32.2. The highest BCUT2D eigenvalue weighted by molar-refractivity contribution is 7.89. The molecule has 1 aromatic rings. The van der Waals surface area contributed by atoms with Crippen LogP contribution in [0.4, 0.5) is 0 Å². The van der Waals surface area contributed by atoms with Crippen LogP contribution in [0.5, 0.6) is 0 Å². The summed E-state index contributed by atoms with van der Waals surface area (Å²) in [6, 6.07) is 0. The Morgan fingerprint density at radius 2 is 1.67 bits per heavy atom. The molecule has 0 aromatic carbocycles. The number of carbonyl (C=O) groups excluding carboxylic acids is 1. The van der Waals surface area contributed by atoms with E-state index < -0.39 is 27.4 Å². The molecule has 0 spiro atoms. The number of sulfonamides is 1. The van der Waals surface area contributed by atoms with Gasteiger partial charge in [-0.1, -0.05) is 20.8 Å². The van der Waals surface area contributed by atoms with E-state index in [1.165, 1.54) is 4.31 Å². The van der Waals surface area contributed by atoms with Crippen molar-refractivity contribution in [3.8, 4) is 0 Å². The summed E-state index contributed by atoms with van der Waals surface area (Å²) in [5, 5.41) is 18.9. The minimum absolute atomic E-state index is 0.0327. The van der Waals surface area contributed by atoms with Crippen LogP contribution < -0.4 is 0 Å². The van der Waals surface area contributed by atoms with Crippen molar-refractivity contribution in [2.24, 2.45) is 12.5 Å². The van der Waals surface area contributed by atoms with Crippen LogP contribution in [0.3, 0.4) is 0 Å². The van der Waals surface area contributed by atoms with Gasteiger partial charge in [0, 0.05) is 50.4 Å². The van der Waals surface area contributed by atoms with E-state index in [4.69, 9.17) is 19.8 Å². The highest BCUT2D eigenvalue weighted by Gasteiger charge is 2.30. The Balaban J connectivity index is 0.000000656. The number of hydrogen-bond acceptors (Lipinski definition) is 6. The van der Waals surface area contributed by atoms with Gasteiger partial charge in [0.1, 0.15) is 0 Å². The largest absolute Gasteiger partial charge is 0.473 e. The third-order valence-corrected chi connectivity index (χ3v) is 6.17. The molecule has 2 N–H and O–H groups in total. The zero-order valence-corrected chi connectivity index (χ0v) is 18.6. The van der Waals surface area contributed by atoms with Crippen molar-refractivity contribution in [2.75, 3.05) is 25.4 Å². The average molecular weight is 447 g/mol. The molecular formula is C18H30N4O7S. The van der Waals surface area contributed by atoms with Gasteiger partial charge in [-0.05, 0) is 12.8 Å². The third-order valence-electron chi connectivity index (χ3n) is 4.32. The van der Waals surface area contributed by atoms with Crippen molar-refractivity contribution >= 4 is 27.9 Å². The molecule has 0 radical (unpaired) electrons. The number of hydrogen-bond donors (Lipinski definition) is 2. The van der Waals surface area contributed by atoms with E-state index in [-0.39, 0.29) is 18.2 Å². The molecule has 11 nitrogen and oxygen atoms in total. The van der Waals surface area contributed by atoms with Crippen molar-refractivity contribution in [3.05, 3.63) is 18.0 Å². The second kappa shape index (κ2) is 10.5. The predicted octanol–water partition coefficient (Wildman–Crippen LogP) is 0.376. The van der Waals surface area contributed by atoms with Crippen molar-refractivity contribution in [1.82, 2.24) is 19.0 Å².